The second kappa shape index (κ2) is 7.14. The molecule has 0 spiro atoms. The third kappa shape index (κ3) is 3.55. The number of methoxy groups -OCH3 is 2. The van der Waals surface area contributed by atoms with Gasteiger partial charge in [-0.2, -0.15) is 0 Å². The van der Waals surface area contributed by atoms with Gasteiger partial charge in [0.05, 0.1) is 19.1 Å². The first-order chi connectivity index (χ1) is 11.7. The number of aromatic nitrogens is 1. The number of amides is 1. The van der Waals surface area contributed by atoms with Crippen LogP contribution in [0.15, 0.2) is 54.7 Å². The molecule has 1 heterocycles. The van der Waals surface area contributed by atoms with Gasteiger partial charge in [-0.05, 0) is 17.7 Å². The molecule has 0 atom stereocenters. The van der Waals surface area contributed by atoms with Crippen molar-refractivity contribution in [1.82, 2.24) is 4.98 Å². The van der Waals surface area contributed by atoms with Crippen molar-refractivity contribution < 1.29 is 14.3 Å². The van der Waals surface area contributed by atoms with Gasteiger partial charge in [-0.25, -0.2) is 4.98 Å². The minimum atomic E-state index is -0.263. The second-order valence-corrected chi connectivity index (χ2v) is 5.98. The summed E-state index contributed by atoms with van der Waals surface area (Å²) in [5.74, 6) is 0.855. The van der Waals surface area contributed by atoms with E-state index in [2.05, 4.69) is 10.3 Å². The highest BCUT2D eigenvalue weighted by molar-refractivity contribution is 7.19. The zero-order chi connectivity index (χ0) is 16.9. The zero-order valence-corrected chi connectivity index (χ0v) is 14.1. The van der Waals surface area contributed by atoms with Gasteiger partial charge in [-0.1, -0.05) is 41.7 Å². The number of nitrogens with zero attached hydrogens (tertiary/aromatic N) is 1. The van der Waals surface area contributed by atoms with Crippen LogP contribution in [0, 0.1) is 0 Å². The molecule has 0 saturated carbocycles. The Morgan fingerprint density at radius 3 is 2.33 bits per heavy atom. The highest BCUT2D eigenvalue weighted by Crippen LogP contribution is 2.29. The SMILES string of the molecule is COc1cc(OC)cc(C(=O)Nc2ncc(-c3ccccc3)s2)c1. The fourth-order valence-electron chi connectivity index (χ4n) is 2.18. The molecular weight excluding hydrogens is 324 g/mol. The molecule has 1 amide bonds. The number of hydrogen-bond acceptors (Lipinski definition) is 5. The van der Waals surface area contributed by atoms with Crippen LogP contribution in [0.5, 0.6) is 11.5 Å². The number of nitrogens with one attached hydrogen (secondary N) is 1. The molecule has 0 unspecified atom stereocenters. The number of rotatable bonds is 5. The fraction of sp³-hybridized carbons (Fsp3) is 0.111. The van der Waals surface area contributed by atoms with E-state index in [1.165, 1.54) is 11.3 Å². The maximum absolute atomic E-state index is 12.4. The first-order valence-corrected chi connectivity index (χ1v) is 8.07. The average molecular weight is 340 g/mol. The van der Waals surface area contributed by atoms with Crippen molar-refractivity contribution in [3.8, 4) is 21.9 Å². The summed E-state index contributed by atoms with van der Waals surface area (Å²) in [4.78, 5) is 17.7. The van der Waals surface area contributed by atoms with E-state index in [0.717, 1.165) is 10.4 Å². The monoisotopic (exact) mass is 340 g/mol. The lowest BCUT2D eigenvalue weighted by molar-refractivity contribution is 0.102. The number of carbonyl (C=O) groups excluding carboxylic acids is 1. The third-order valence-electron chi connectivity index (χ3n) is 3.40. The second-order valence-electron chi connectivity index (χ2n) is 4.95. The topological polar surface area (TPSA) is 60.5 Å². The summed E-state index contributed by atoms with van der Waals surface area (Å²) in [6, 6.07) is 14.9. The Hall–Kier alpha value is -2.86. The lowest BCUT2D eigenvalue weighted by Crippen LogP contribution is -2.11. The lowest BCUT2D eigenvalue weighted by atomic mass is 10.2. The van der Waals surface area contributed by atoms with Crippen LogP contribution in [-0.2, 0) is 0 Å². The van der Waals surface area contributed by atoms with Crippen LogP contribution >= 0.6 is 11.3 Å². The average Bonchev–Trinajstić information content (AvgIpc) is 3.10. The molecule has 3 aromatic rings. The number of benzene rings is 2. The third-order valence-corrected chi connectivity index (χ3v) is 4.36. The Labute approximate surface area is 143 Å². The van der Waals surface area contributed by atoms with Crippen molar-refractivity contribution in [3.63, 3.8) is 0 Å². The zero-order valence-electron chi connectivity index (χ0n) is 13.3. The summed E-state index contributed by atoms with van der Waals surface area (Å²) < 4.78 is 10.4. The summed E-state index contributed by atoms with van der Waals surface area (Å²) in [5, 5.41) is 3.35. The van der Waals surface area contributed by atoms with Gasteiger partial charge < -0.3 is 9.47 Å². The van der Waals surface area contributed by atoms with Gasteiger partial charge in [0.2, 0.25) is 0 Å². The molecule has 3 rings (SSSR count). The van der Waals surface area contributed by atoms with Crippen LogP contribution in [0.4, 0.5) is 5.13 Å². The highest BCUT2D eigenvalue weighted by atomic mass is 32.1. The van der Waals surface area contributed by atoms with E-state index in [1.54, 1.807) is 38.6 Å². The molecule has 1 N–H and O–H groups in total. The van der Waals surface area contributed by atoms with Gasteiger partial charge in [0, 0.05) is 17.8 Å². The van der Waals surface area contributed by atoms with Crippen LogP contribution < -0.4 is 14.8 Å². The Balaban J connectivity index is 1.79. The largest absolute Gasteiger partial charge is 0.497 e. The molecular formula is C18H16N2O3S. The molecule has 0 aliphatic rings. The minimum absolute atomic E-state index is 0.263. The van der Waals surface area contributed by atoms with Crippen molar-refractivity contribution in [2.24, 2.45) is 0 Å². The van der Waals surface area contributed by atoms with Crippen LogP contribution in [0.2, 0.25) is 0 Å². The lowest BCUT2D eigenvalue weighted by Gasteiger charge is -2.08. The van der Waals surface area contributed by atoms with Crippen LogP contribution in [0.1, 0.15) is 10.4 Å². The molecule has 24 heavy (non-hydrogen) atoms. The molecule has 6 heteroatoms. The Morgan fingerprint density at radius 1 is 1.04 bits per heavy atom. The molecule has 122 valence electrons. The van der Waals surface area contributed by atoms with Crippen molar-refractivity contribution in [2.75, 3.05) is 19.5 Å². The van der Waals surface area contributed by atoms with Gasteiger partial charge in [-0.3, -0.25) is 10.1 Å². The van der Waals surface area contributed by atoms with E-state index in [1.807, 2.05) is 30.3 Å². The van der Waals surface area contributed by atoms with Crippen molar-refractivity contribution in [1.29, 1.82) is 0 Å². The fourth-order valence-corrected chi connectivity index (χ4v) is 2.99. The molecule has 0 fully saturated rings. The highest BCUT2D eigenvalue weighted by Gasteiger charge is 2.12. The van der Waals surface area contributed by atoms with E-state index < -0.39 is 0 Å². The minimum Gasteiger partial charge on any atom is -0.497 e. The van der Waals surface area contributed by atoms with E-state index in [0.29, 0.717) is 22.2 Å². The number of ether oxygens (including phenoxy) is 2. The molecule has 2 aromatic carbocycles. The van der Waals surface area contributed by atoms with Crippen LogP contribution in [0.25, 0.3) is 10.4 Å². The Morgan fingerprint density at radius 2 is 1.71 bits per heavy atom. The van der Waals surface area contributed by atoms with E-state index >= 15 is 0 Å². The first-order valence-electron chi connectivity index (χ1n) is 7.25. The number of carbonyl (C=O) groups is 1. The molecule has 0 radical (unpaired) electrons. The maximum atomic E-state index is 12.4. The normalized spacial score (nSPS) is 10.2. The first kappa shape index (κ1) is 16.0. The van der Waals surface area contributed by atoms with E-state index in [-0.39, 0.29) is 5.91 Å². The van der Waals surface area contributed by atoms with Gasteiger partial charge in [-0.15, -0.1) is 0 Å². The summed E-state index contributed by atoms with van der Waals surface area (Å²) in [5.41, 5.74) is 1.52. The van der Waals surface area contributed by atoms with Crippen molar-refractivity contribution in [2.45, 2.75) is 0 Å². The maximum Gasteiger partial charge on any atom is 0.257 e. The van der Waals surface area contributed by atoms with Gasteiger partial charge in [0.25, 0.3) is 5.91 Å². The predicted octanol–water partition coefficient (Wildman–Crippen LogP) is 4.08. The van der Waals surface area contributed by atoms with E-state index in [9.17, 15) is 4.79 Å². The summed E-state index contributed by atoms with van der Waals surface area (Å²) in [6.45, 7) is 0. The van der Waals surface area contributed by atoms with Gasteiger partial charge in [0.1, 0.15) is 11.5 Å². The summed E-state index contributed by atoms with van der Waals surface area (Å²) >= 11 is 1.42. The van der Waals surface area contributed by atoms with E-state index in [4.69, 9.17) is 9.47 Å². The predicted molar refractivity (Wildman–Crippen MR) is 95.0 cm³/mol. The van der Waals surface area contributed by atoms with Crippen LogP contribution in [0.3, 0.4) is 0 Å². The van der Waals surface area contributed by atoms with Crippen molar-refractivity contribution in [3.05, 3.63) is 60.3 Å². The Bertz CT molecular complexity index is 824. The number of hydrogen-bond donors (Lipinski definition) is 1. The van der Waals surface area contributed by atoms with Crippen molar-refractivity contribution >= 4 is 22.4 Å². The molecule has 0 bridgehead atoms. The summed E-state index contributed by atoms with van der Waals surface area (Å²) in [6.07, 6.45) is 1.75. The van der Waals surface area contributed by atoms with Crippen LogP contribution in [-0.4, -0.2) is 25.1 Å². The Kier molecular flexibility index (Phi) is 4.77. The number of anilines is 1. The smallest absolute Gasteiger partial charge is 0.257 e. The number of thiazole rings is 1. The van der Waals surface area contributed by atoms with Gasteiger partial charge >= 0.3 is 0 Å². The molecule has 0 saturated heterocycles. The molecule has 0 aliphatic heterocycles. The molecule has 5 nitrogen and oxygen atoms in total. The molecule has 0 aliphatic carbocycles. The summed E-state index contributed by atoms with van der Waals surface area (Å²) in [7, 11) is 3.09. The molecule has 1 aromatic heterocycles. The van der Waals surface area contributed by atoms with Gasteiger partial charge in [0.15, 0.2) is 5.13 Å². The standard InChI is InChI=1S/C18H16N2O3S/c1-22-14-8-13(9-15(10-14)23-2)17(21)20-18-19-11-16(24-18)12-6-4-3-5-7-12/h3-11H,1-2H3,(H,19,20,21). The quantitative estimate of drug-likeness (QED) is 0.760.